The quantitative estimate of drug-likeness (QED) is 0.652. The van der Waals surface area contributed by atoms with Gasteiger partial charge in [0.2, 0.25) is 15.9 Å². The van der Waals surface area contributed by atoms with Crippen molar-refractivity contribution in [3.63, 3.8) is 0 Å². The van der Waals surface area contributed by atoms with Gasteiger partial charge in [0.05, 0.1) is 18.1 Å². The maximum atomic E-state index is 12.1. The van der Waals surface area contributed by atoms with Gasteiger partial charge in [0, 0.05) is 32.1 Å². The predicted octanol–water partition coefficient (Wildman–Crippen LogP) is 0.935. The van der Waals surface area contributed by atoms with Gasteiger partial charge in [0.25, 0.3) is 0 Å². The van der Waals surface area contributed by atoms with Crippen molar-refractivity contribution < 1.29 is 13.2 Å². The third kappa shape index (κ3) is 6.39. The molecule has 0 unspecified atom stereocenters. The maximum absolute atomic E-state index is 12.1. The number of carbonyl (C=O) groups excluding carboxylic acids is 1. The fraction of sp³-hybridized carbons (Fsp3) is 0.812. The summed E-state index contributed by atoms with van der Waals surface area (Å²) < 4.78 is 26.3. The summed E-state index contributed by atoms with van der Waals surface area (Å²) in [6.45, 7) is 4.46. The molecule has 8 nitrogen and oxygen atoms in total. The average Bonchev–Trinajstić information content (AvgIpc) is 2.98. The van der Waals surface area contributed by atoms with Crippen LogP contribution in [0.3, 0.4) is 0 Å². The Morgan fingerprint density at radius 1 is 1.24 bits per heavy atom. The molecule has 0 aromatic carbocycles. The number of hydrogen-bond acceptors (Lipinski definition) is 5. The predicted molar refractivity (Wildman–Crippen MR) is 95.4 cm³/mol. The number of sulfonamides is 1. The summed E-state index contributed by atoms with van der Waals surface area (Å²) in [6, 6.07) is 0. The molecule has 9 heteroatoms. The molecule has 0 spiro atoms. The van der Waals surface area contributed by atoms with Crippen molar-refractivity contribution in [3.8, 4) is 0 Å². The smallest absolute Gasteiger partial charge is 0.223 e. The lowest BCUT2D eigenvalue weighted by Gasteiger charge is -2.29. The molecular weight excluding hydrogens is 342 g/mol. The standard InChI is InChI=1S/C16H29N5O3S/c1-14-13-18-19-21(14)10-6-4-3-5-9-17-16(22)15-7-11-20(12-8-15)25(2,23)24/h13,15H,3-12H2,1-2H3,(H,17,22). The van der Waals surface area contributed by atoms with Crippen LogP contribution in [0.4, 0.5) is 0 Å². The van der Waals surface area contributed by atoms with Crippen LogP contribution < -0.4 is 5.32 Å². The molecule has 1 aliphatic rings. The van der Waals surface area contributed by atoms with Crippen LogP contribution >= 0.6 is 0 Å². The number of amides is 1. The average molecular weight is 372 g/mol. The van der Waals surface area contributed by atoms with Crippen LogP contribution in [-0.2, 0) is 21.4 Å². The SMILES string of the molecule is Cc1cnnn1CCCCCCNC(=O)C1CCN(S(C)(=O)=O)CC1. The molecule has 142 valence electrons. The lowest BCUT2D eigenvalue weighted by Crippen LogP contribution is -2.42. The highest BCUT2D eigenvalue weighted by molar-refractivity contribution is 7.88. The van der Waals surface area contributed by atoms with Crippen molar-refractivity contribution in [2.24, 2.45) is 5.92 Å². The Balaban J connectivity index is 1.52. The summed E-state index contributed by atoms with van der Waals surface area (Å²) in [5, 5.41) is 10.9. The van der Waals surface area contributed by atoms with Crippen molar-refractivity contribution in [2.75, 3.05) is 25.9 Å². The third-order valence-corrected chi connectivity index (χ3v) is 6.00. The van der Waals surface area contributed by atoms with Crippen LogP contribution in [-0.4, -0.2) is 59.5 Å². The first-order valence-electron chi connectivity index (χ1n) is 8.96. The number of rotatable bonds is 9. The zero-order valence-electron chi connectivity index (χ0n) is 15.1. The molecule has 1 fully saturated rings. The monoisotopic (exact) mass is 371 g/mol. The summed E-state index contributed by atoms with van der Waals surface area (Å²) in [4.78, 5) is 12.1. The first-order chi connectivity index (χ1) is 11.9. The fourth-order valence-electron chi connectivity index (χ4n) is 3.08. The minimum Gasteiger partial charge on any atom is -0.356 e. The first-order valence-corrected chi connectivity index (χ1v) is 10.8. The van der Waals surface area contributed by atoms with Crippen LogP contribution in [0.5, 0.6) is 0 Å². The molecule has 2 heterocycles. The van der Waals surface area contributed by atoms with Gasteiger partial charge in [-0.1, -0.05) is 18.1 Å². The van der Waals surface area contributed by atoms with Gasteiger partial charge in [-0.25, -0.2) is 17.4 Å². The van der Waals surface area contributed by atoms with Gasteiger partial charge in [-0.05, 0) is 32.6 Å². The van der Waals surface area contributed by atoms with Gasteiger partial charge < -0.3 is 5.32 Å². The first kappa shape index (κ1) is 19.8. The molecule has 1 amide bonds. The number of aromatic nitrogens is 3. The summed E-state index contributed by atoms with van der Waals surface area (Å²) in [5.74, 6) is -0.000295. The molecule has 2 rings (SSSR count). The summed E-state index contributed by atoms with van der Waals surface area (Å²) >= 11 is 0. The molecule has 1 aromatic rings. The van der Waals surface area contributed by atoms with Crippen LogP contribution in [0.25, 0.3) is 0 Å². The molecule has 1 aliphatic heterocycles. The Morgan fingerprint density at radius 2 is 1.92 bits per heavy atom. The Kier molecular flexibility index (Phi) is 7.37. The minimum atomic E-state index is -3.13. The molecule has 1 aromatic heterocycles. The molecule has 1 saturated heterocycles. The van der Waals surface area contributed by atoms with E-state index in [4.69, 9.17) is 0 Å². The maximum Gasteiger partial charge on any atom is 0.223 e. The fourth-order valence-corrected chi connectivity index (χ4v) is 3.95. The number of nitrogens with zero attached hydrogens (tertiary/aromatic N) is 4. The normalized spacial score (nSPS) is 16.9. The van der Waals surface area contributed by atoms with E-state index in [0.29, 0.717) is 32.5 Å². The van der Waals surface area contributed by atoms with E-state index in [1.165, 1.54) is 10.6 Å². The lowest BCUT2D eigenvalue weighted by atomic mass is 9.97. The Labute approximate surface area is 150 Å². The highest BCUT2D eigenvalue weighted by atomic mass is 32.2. The zero-order chi connectivity index (χ0) is 18.3. The molecule has 0 radical (unpaired) electrons. The van der Waals surface area contributed by atoms with Gasteiger partial charge in [-0.3, -0.25) is 4.79 Å². The van der Waals surface area contributed by atoms with Crippen molar-refractivity contribution in [1.29, 1.82) is 0 Å². The van der Waals surface area contributed by atoms with E-state index in [1.807, 2.05) is 11.6 Å². The second kappa shape index (κ2) is 9.28. The molecule has 0 bridgehead atoms. The van der Waals surface area contributed by atoms with Gasteiger partial charge in [-0.2, -0.15) is 0 Å². The van der Waals surface area contributed by atoms with Gasteiger partial charge in [0.1, 0.15) is 0 Å². The largest absolute Gasteiger partial charge is 0.356 e. The van der Waals surface area contributed by atoms with Crippen molar-refractivity contribution in [1.82, 2.24) is 24.6 Å². The topological polar surface area (TPSA) is 97.2 Å². The Bertz CT molecular complexity index is 650. The van der Waals surface area contributed by atoms with Gasteiger partial charge in [0.15, 0.2) is 0 Å². The Hall–Kier alpha value is -1.48. The number of piperidine rings is 1. The minimum absolute atomic E-state index is 0.0615. The van der Waals surface area contributed by atoms with Gasteiger partial charge in [-0.15, -0.1) is 5.10 Å². The molecule has 1 N–H and O–H groups in total. The molecule has 0 saturated carbocycles. The summed E-state index contributed by atoms with van der Waals surface area (Å²) in [7, 11) is -3.13. The molecule has 0 atom stereocenters. The highest BCUT2D eigenvalue weighted by Crippen LogP contribution is 2.19. The summed E-state index contributed by atoms with van der Waals surface area (Å²) in [5.41, 5.74) is 1.08. The second-order valence-electron chi connectivity index (χ2n) is 6.74. The van der Waals surface area contributed by atoms with Crippen molar-refractivity contribution in [2.45, 2.75) is 52.0 Å². The van der Waals surface area contributed by atoms with Crippen molar-refractivity contribution >= 4 is 15.9 Å². The number of unbranched alkanes of at least 4 members (excludes halogenated alkanes) is 3. The van der Waals surface area contributed by atoms with E-state index in [0.717, 1.165) is 37.9 Å². The van der Waals surface area contributed by atoms with Crippen LogP contribution in [0, 0.1) is 12.8 Å². The van der Waals surface area contributed by atoms with E-state index >= 15 is 0 Å². The molecule has 25 heavy (non-hydrogen) atoms. The molecule has 0 aliphatic carbocycles. The van der Waals surface area contributed by atoms with Crippen LogP contribution in [0.2, 0.25) is 0 Å². The van der Waals surface area contributed by atoms with E-state index < -0.39 is 10.0 Å². The number of aryl methyl sites for hydroxylation is 2. The number of carbonyl (C=O) groups is 1. The molecular formula is C16H29N5O3S. The third-order valence-electron chi connectivity index (χ3n) is 4.70. The number of nitrogens with one attached hydrogen (secondary N) is 1. The van der Waals surface area contributed by atoms with E-state index in [2.05, 4.69) is 15.6 Å². The zero-order valence-corrected chi connectivity index (χ0v) is 16.0. The van der Waals surface area contributed by atoms with Crippen LogP contribution in [0.15, 0.2) is 6.20 Å². The lowest BCUT2D eigenvalue weighted by molar-refractivity contribution is -0.126. The van der Waals surface area contributed by atoms with Crippen LogP contribution in [0.1, 0.15) is 44.2 Å². The van der Waals surface area contributed by atoms with E-state index in [-0.39, 0.29) is 11.8 Å². The number of hydrogen-bond donors (Lipinski definition) is 1. The van der Waals surface area contributed by atoms with E-state index in [1.54, 1.807) is 6.20 Å². The second-order valence-corrected chi connectivity index (χ2v) is 8.72. The van der Waals surface area contributed by atoms with Gasteiger partial charge >= 0.3 is 0 Å². The van der Waals surface area contributed by atoms with E-state index in [9.17, 15) is 13.2 Å². The highest BCUT2D eigenvalue weighted by Gasteiger charge is 2.28. The summed E-state index contributed by atoms with van der Waals surface area (Å²) in [6.07, 6.45) is 8.38. The van der Waals surface area contributed by atoms with Crippen molar-refractivity contribution in [3.05, 3.63) is 11.9 Å². The Morgan fingerprint density at radius 3 is 2.52 bits per heavy atom.